The molecule has 0 saturated carbocycles. The average molecular weight is 367 g/mol. The van der Waals surface area contributed by atoms with Gasteiger partial charge in [-0.1, -0.05) is 21.1 Å². The van der Waals surface area contributed by atoms with Crippen molar-refractivity contribution >= 4 is 15.9 Å². The van der Waals surface area contributed by atoms with Crippen LogP contribution in [0.5, 0.6) is 5.75 Å². The number of hydrogen-bond acceptors (Lipinski definition) is 5. The van der Waals surface area contributed by atoms with Crippen molar-refractivity contribution in [3.8, 4) is 17.2 Å². The Labute approximate surface area is 125 Å². The number of phenolic OH excluding ortho intramolecular Hbond substituents is 1. The number of nitrogens with zero attached hydrogens (tertiary/aromatic N) is 2. The van der Waals surface area contributed by atoms with Crippen molar-refractivity contribution in [1.29, 1.82) is 0 Å². The van der Waals surface area contributed by atoms with Crippen molar-refractivity contribution in [2.75, 3.05) is 13.2 Å². The van der Waals surface area contributed by atoms with Crippen LogP contribution in [0, 0.1) is 0 Å². The fourth-order valence-corrected chi connectivity index (χ4v) is 1.85. The van der Waals surface area contributed by atoms with Crippen molar-refractivity contribution in [1.82, 2.24) is 10.1 Å². The van der Waals surface area contributed by atoms with Gasteiger partial charge in [-0.15, -0.1) is 0 Å². The fourth-order valence-electron chi connectivity index (χ4n) is 1.50. The van der Waals surface area contributed by atoms with Crippen molar-refractivity contribution in [3.63, 3.8) is 0 Å². The van der Waals surface area contributed by atoms with E-state index in [-0.39, 0.29) is 30.5 Å². The van der Waals surface area contributed by atoms with E-state index in [2.05, 4.69) is 30.8 Å². The van der Waals surface area contributed by atoms with Gasteiger partial charge in [0.25, 0.3) is 5.89 Å². The second-order valence-corrected chi connectivity index (χ2v) is 5.01. The second kappa shape index (κ2) is 6.44. The molecule has 0 spiro atoms. The molecule has 2 rings (SSSR count). The van der Waals surface area contributed by atoms with Crippen LogP contribution in [0.2, 0.25) is 0 Å². The lowest BCUT2D eigenvalue weighted by atomic mass is 10.2. The Hall–Kier alpha value is -1.61. The van der Waals surface area contributed by atoms with E-state index in [0.717, 1.165) is 0 Å². The molecule has 0 unspecified atom stereocenters. The third-order valence-corrected chi connectivity index (χ3v) is 2.89. The van der Waals surface area contributed by atoms with E-state index >= 15 is 0 Å². The van der Waals surface area contributed by atoms with E-state index in [9.17, 15) is 18.3 Å². The monoisotopic (exact) mass is 366 g/mol. The third kappa shape index (κ3) is 4.71. The smallest absolute Gasteiger partial charge is 0.411 e. The molecule has 1 aromatic heterocycles. The van der Waals surface area contributed by atoms with E-state index in [1.165, 1.54) is 6.07 Å². The molecule has 2 aromatic rings. The highest BCUT2D eigenvalue weighted by Crippen LogP contribution is 2.30. The number of phenols is 1. The molecule has 1 aromatic carbocycles. The van der Waals surface area contributed by atoms with Crippen LogP contribution >= 0.6 is 15.9 Å². The van der Waals surface area contributed by atoms with E-state index in [1.54, 1.807) is 12.1 Å². The van der Waals surface area contributed by atoms with Gasteiger partial charge in [0.2, 0.25) is 0 Å². The first-order valence-corrected chi connectivity index (χ1v) is 6.60. The molecular weight excluding hydrogens is 357 g/mol. The summed E-state index contributed by atoms with van der Waals surface area (Å²) in [5.41, 5.74) is 0.341. The summed E-state index contributed by atoms with van der Waals surface area (Å²) < 4.78 is 45.7. The molecule has 9 heteroatoms. The van der Waals surface area contributed by atoms with Crippen molar-refractivity contribution in [3.05, 3.63) is 28.5 Å². The van der Waals surface area contributed by atoms with Crippen LogP contribution in [0.15, 0.2) is 27.2 Å². The van der Waals surface area contributed by atoms with Crippen LogP contribution in [0.3, 0.4) is 0 Å². The molecule has 0 bridgehead atoms. The summed E-state index contributed by atoms with van der Waals surface area (Å²) >= 11 is 3.20. The molecule has 0 saturated heterocycles. The van der Waals surface area contributed by atoms with Crippen LogP contribution in [0.4, 0.5) is 13.2 Å². The summed E-state index contributed by atoms with van der Waals surface area (Å²) in [5, 5.41) is 13.4. The minimum Gasteiger partial charge on any atom is -0.507 e. The van der Waals surface area contributed by atoms with E-state index < -0.39 is 12.8 Å². The molecule has 1 N–H and O–H groups in total. The number of aromatic hydroxyl groups is 1. The van der Waals surface area contributed by atoms with Gasteiger partial charge in [0.1, 0.15) is 12.4 Å². The molecule has 114 valence electrons. The molecule has 0 aliphatic rings. The average Bonchev–Trinajstić information content (AvgIpc) is 2.82. The van der Waals surface area contributed by atoms with Gasteiger partial charge < -0.3 is 14.4 Å². The summed E-state index contributed by atoms with van der Waals surface area (Å²) in [6.07, 6.45) is -4.28. The molecule has 5 nitrogen and oxygen atoms in total. The number of ether oxygens (including phenoxy) is 1. The van der Waals surface area contributed by atoms with Crippen molar-refractivity contribution < 1.29 is 27.5 Å². The van der Waals surface area contributed by atoms with Crippen LogP contribution in [-0.4, -0.2) is 34.6 Å². The van der Waals surface area contributed by atoms with E-state index in [1.807, 2.05) is 0 Å². The van der Waals surface area contributed by atoms with Crippen molar-refractivity contribution in [2.45, 2.75) is 12.6 Å². The number of hydrogen-bond donors (Lipinski definition) is 1. The zero-order valence-electron chi connectivity index (χ0n) is 10.5. The predicted octanol–water partition coefficient (Wildman–Crippen LogP) is 3.33. The number of halogens is 4. The van der Waals surface area contributed by atoms with E-state index in [0.29, 0.717) is 10.0 Å². The lowest BCUT2D eigenvalue weighted by Crippen LogP contribution is -2.18. The zero-order valence-corrected chi connectivity index (χ0v) is 12.1. The molecule has 0 radical (unpaired) electrons. The standard InChI is InChI=1S/C12H10BrF3N2O3/c13-7-1-2-8(9(19)5-7)11-17-10(18-21-11)3-4-20-6-12(14,15)16/h1-2,5,19H,3-4,6H2. The summed E-state index contributed by atoms with van der Waals surface area (Å²) in [6, 6.07) is 4.73. The number of rotatable bonds is 5. The van der Waals surface area contributed by atoms with Gasteiger partial charge in [0, 0.05) is 10.9 Å². The lowest BCUT2D eigenvalue weighted by molar-refractivity contribution is -0.173. The first-order chi connectivity index (χ1) is 9.85. The number of alkyl halides is 3. The molecule has 21 heavy (non-hydrogen) atoms. The minimum absolute atomic E-state index is 0.0482. The first kappa shape index (κ1) is 15.8. The molecule has 0 amide bonds. The van der Waals surface area contributed by atoms with Gasteiger partial charge >= 0.3 is 6.18 Å². The topological polar surface area (TPSA) is 68.4 Å². The van der Waals surface area contributed by atoms with Gasteiger partial charge in [-0.2, -0.15) is 18.2 Å². The van der Waals surface area contributed by atoms with E-state index in [4.69, 9.17) is 4.52 Å². The summed E-state index contributed by atoms with van der Waals surface area (Å²) in [4.78, 5) is 3.99. The Kier molecular flexibility index (Phi) is 4.84. The Morgan fingerprint density at radius 1 is 1.33 bits per heavy atom. The minimum atomic E-state index is -4.36. The van der Waals surface area contributed by atoms with Crippen LogP contribution in [-0.2, 0) is 11.2 Å². The Morgan fingerprint density at radius 3 is 2.76 bits per heavy atom. The largest absolute Gasteiger partial charge is 0.507 e. The fraction of sp³-hybridized carbons (Fsp3) is 0.333. The van der Waals surface area contributed by atoms with Crippen LogP contribution in [0.1, 0.15) is 5.82 Å². The first-order valence-electron chi connectivity index (χ1n) is 5.81. The van der Waals surface area contributed by atoms with Crippen LogP contribution < -0.4 is 0 Å². The van der Waals surface area contributed by atoms with Gasteiger partial charge in [0.15, 0.2) is 5.82 Å². The van der Waals surface area contributed by atoms with Crippen LogP contribution in [0.25, 0.3) is 11.5 Å². The number of aromatic nitrogens is 2. The third-order valence-electron chi connectivity index (χ3n) is 2.39. The van der Waals surface area contributed by atoms with Gasteiger partial charge in [-0.05, 0) is 18.2 Å². The molecule has 0 aliphatic carbocycles. The summed E-state index contributed by atoms with van der Waals surface area (Å²) in [7, 11) is 0. The highest BCUT2D eigenvalue weighted by molar-refractivity contribution is 9.10. The van der Waals surface area contributed by atoms with Gasteiger partial charge in [-0.3, -0.25) is 0 Å². The summed E-state index contributed by atoms with van der Waals surface area (Å²) in [6.45, 7) is -1.49. The SMILES string of the molecule is Oc1cc(Br)ccc1-c1nc(CCOCC(F)(F)F)no1. The Balaban J connectivity index is 1.95. The highest BCUT2D eigenvalue weighted by Gasteiger charge is 2.27. The molecule has 0 aliphatic heterocycles. The molecule has 1 heterocycles. The van der Waals surface area contributed by atoms with Gasteiger partial charge in [0.05, 0.1) is 12.2 Å². The maximum atomic E-state index is 11.9. The lowest BCUT2D eigenvalue weighted by Gasteiger charge is -2.05. The highest BCUT2D eigenvalue weighted by atomic mass is 79.9. The zero-order chi connectivity index (χ0) is 15.5. The second-order valence-electron chi connectivity index (χ2n) is 4.09. The molecule has 0 fully saturated rings. The normalized spacial score (nSPS) is 11.8. The Morgan fingerprint density at radius 2 is 2.10 bits per heavy atom. The Bertz CT molecular complexity index is 616. The maximum absolute atomic E-state index is 11.9. The number of benzene rings is 1. The maximum Gasteiger partial charge on any atom is 0.411 e. The summed E-state index contributed by atoms with van der Waals surface area (Å²) in [5.74, 6) is 0.244. The quantitative estimate of drug-likeness (QED) is 0.822. The van der Waals surface area contributed by atoms with Crippen molar-refractivity contribution in [2.24, 2.45) is 0 Å². The van der Waals surface area contributed by atoms with Gasteiger partial charge in [-0.25, -0.2) is 0 Å². The molecule has 0 atom stereocenters. The predicted molar refractivity (Wildman–Crippen MR) is 69.7 cm³/mol. The molecular formula is C12H10BrF3N2O3.